The van der Waals surface area contributed by atoms with Crippen molar-refractivity contribution in [2.24, 2.45) is 11.8 Å². The number of rotatable bonds is 4. The van der Waals surface area contributed by atoms with Gasteiger partial charge in [-0.2, -0.15) is 0 Å². The highest BCUT2D eigenvalue weighted by atomic mass is 14.2. The molecule has 0 heteroatoms. The lowest BCUT2D eigenvalue weighted by molar-refractivity contribution is 0.312. The van der Waals surface area contributed by atoms with Gasteiger partial charge in [0, 0.05) is 0 Å². The summed E-state index contributed by atoms with van der Waals surface area (Å²) in [5.74, 6) is 1.84. The molecular weight excluding hydrogens is 180 g/mol. The van der Waals surface area contributed by atoms with Crippen LogP contribution in [-0.4, -0.2) is 0 Å². The summed E-state index contributed by atoms with van der Waals surface area (Å²) < 4.78 is 0. The van der Waals surface area contributed by atoms with Crippen molar-refractivity contribution in [3.63, 3.8) is 0 Å². The Kier molecular flexibility index (Phi) is 5.14. The molecule has 86 valence electrons. The van der Waals surface area contributed by atoms with Crippen LogP contribution in [0.4, 0.5) is 0 Å². The first-order chi connectivity index (χ1) is 7.09. The third kappa shape index (κ3) is 4.68. The summed E-state index contributed by atoms with van der Waals surface area (Å²) in [7, 11) is 0. The van der Waals surface area contributed by atoms with E-state index in [9.17, 15) is 0 Å². The third-order valence-corrected chi connectivity index (χ3v) is 3.66. The summed E-state index contributed by atoms with van der Waals surface area (Å²) in [5, 5.41) is 0. The van der Waals surface area contributed by atoms with Gasteiger partial charge in [0.1, 0.15) is 0 Å². The van der Waals surface area contributed by atoms with Gasteiger partial charge in [-0.05, 0) is 64.7 Å². The standard InChI is InChI=1S/C15H26/c1-12(2)6-5-7-14(4)15-10-8-13(3)9-11-15/h6,8,14-15H,5,7,9-11H2,1-4H3/t14-,15-/m0/s1. The summed E-state index contributed by atoms with van der Waals surface area (Å²) in [6.45, 7) is 9.08. The summed E-state index contributed by atoms with van der Waals surface area (Å²) in [6, 6.07) is 0. The smallest absolute Gasteiger partial charge is 0.0317 e. The van der Waals surface area contributed by atoms with Crippen LogP contribution in [0.25, 0.3) is 0 Å². The van der Waals surface area contributed by atoms with Crippen LogP contribution in [0, 0.1) is 11.8 Å². The predicted molar refractivity (Wildman–Crippen MR) is 68.9 cm³/mol. The Labute approximate surface area is 95.5 Å². The van der Waals surface area contributed by atoms with Gasteiger partial charge in [0.15, 0.2) is 0 Å². The molecule has 0 N–H and O–H groups in total. The summed E-state index contributed by atoms with van der Waals surface area (Å²) in [6.07, 6.45) is 11.5. The van der Waals surface area contributed by atoms with Crippen molar-refractivity contribution in [1.82, 2.24) is 0 Å². The lowest BCUT2D eigenvalue weighted by Gasteiger charge is -2.26. The van der Waals surface area contributed by atoms with Crippen molar-refractivity contribution in [2.45, 2.75) is 59.8 Å². The molecule has 0 saturated heterocycles. The largest absolute Gasteiger partial charge is 0.0859 e. The minimum absolute atomic E-state index is 0.893. The highest BCUT2D eigenvalue weighted by Crippen LogP contribution is 2.31. The van der Waals surface area contributed by atoms with E-state index in [0.29, 0.717) is 0 Å². The van der Waals surface area contributed by atoms with E-state index in [2.05, 4.69) is 39.8 Å². The van der Waals surface area contributed by atoms with Crippen molar-refractivity contribution < 1.29 is 0 Å². The first kappa shape index (κ1) is 12.5. The average molecular weight is 206 g/mol. The maximum absolute atomic E-state index is 2.45. The highest BCUT2D eigenvalue weighted by Gasteiger charge is 2.18. The Morgan fingerprint density at radius 2 is 2.27 bits per heavy atom. The fourth-order valence-corrected chi connectivity index (χ4v) is 2.37. The van der Waals surface area contributed by atoms with Crippen molar-refractivity contribution >= 4 is 0 Å². The molecule has 0 saturated carbocycles. The molecule has 0 heterocycles. The summed E-state index contributed by atoms with van der Waals surface area (Å²) in [5.41, 5.74) is 3.06. The average Bonchev–Trinajstić information content (AvgIpc) is 2.18. The molecule has 1 aliphatic rings. The van der Waals surface area contributed by atoms with E-state index in [1.54, 1.807) is 5.57 Å². The molecule has 1 rings (SSSR count). The van der Waals surface area contributed by atoms with Crippen LogP contribution >= 0.6 is 0 Å². The van der Waals surface area contributed by atoms with Gasteiger partial charge in [-0.1, -0.05) is 30.2 Å². The zero-order valence-corrected chi connectivity index (χ0v) is 10.8. The van der Waals surface area contributed by atoms with E-state index in [0.717, 1.165) is 11.8 Å². The topological polar surface area (TPSA) is 0 Å². The number of hydrogen-bond donors (Lipinski definition) is 0. The van der Waals surface area contributed by atoms with Gasteiger partial charge in [-0.3, -0.25) is 0 Å². The molecule has 0 bridgehead atoms. The summed E-state index contributed by atoms with van der Waals surface area (Å²) in [4.78, 5) is 0. The molecule has 0 aromatic heterocycles. The lowest BCUT2D eigenvalue weighted by atomic mass is 9.80. The molecular formula is C15H26. The van der Waals surface area contributed by atoms with Gasteiger partial charge in [0.25, 0.3) is 0 Å². The SMILES string of the molecule is CC(C)=CCC[C@H](C)[C@H]1CC=C(C)CC1. The van der Waals surface area contributed by atoms with Crippen LogP contribution < -0.4 is 0 Å². The van der Waals surface area contributed by atoms with Gasteiger partial charge in [-0.25, -0.2) is 0 Å². The molecule has 0 aliphatic heterocycles. The second kappa shape index (κ2) is 6.15. The van der Waals surface area contributed by atoms with Crippen molar-refractivity contribution in [1.29, 1.82) is 0 Å². The van der Waals surface area contributed by atoms with Gasteiger partial charge < -0.3 is 0 Å². The monoisotopic (exact) mass is 206 g/mol. The van der Waals surface area contributed by atoms with E-state index < -0.39 is 0 Å². The van der Waals surface area contributed by atoms with Gasteiger partial charge in [-0.15, -0.1) is 0 Å². The molecule has 0 unspecified atom stereocenters. The van der Waals surface area contributed by atoms with Gasteiger partial charge in [0.2, 0.25) is 0 Å². The Morgan fingerprint density at radius 1 is 1.53 bits per heavy atom. The maximum atomic E-state index is 2.45. The molecule has 0 aromatic carbocycles. The zero-order valence-electron chi connectivity index (χ0n) is 10.8. The fourth-order valence-electron chi connectivity index (χ4n) is 2.37. The first-order valence-corrected chi connectivity index (χ1v) is 6.38. The van der Waals surface area contributed by atoms with Crippen LogP contribution in [0.3, 0.4) is 0 Å². The Morgan fingerprint density at radius 3 is 2.80 bits per heavy atom. The Hall–Kier alpha value is -0.520. The van der Waals surface area contributed by atoms with Crippen LogP contribution in [-0.2, 0) is 0 Å². The molecule has 2 atom stereocenters. The van der Waals surface area contributed by atoms with E-state index in [1.165, 1.54) is 37.7 Å². The Balaban J connectivity index is 2.29. The number of hydrogen-bond acceptors (Lipinski definition) is 0. The van der Waals surface area contributed by atoms with E-state index in [-0.39, 0.29) is 0 Å². The van der Waals surface area contributed by atoms with Crippen LogP contribution in [0.15, 0.2) is 23.3 Å². The second-order valence-corrected chi connectivity index (χ2v) is 5.42. The fraction of sp³-hybridized carbons (Fsp3) is 0.733. The lowest BCUT2D eigenvalue weighted by Crippen LogP contribution is -2.14. The normalized spacial score (nSPS) is 23.2. The highest BCUT2D eigenvalue weighted by molar-refractivity contribution is 5.03. The van der Waals surface area contributed by atoms with Crippen LogP contribution in [0.5, 0.6) is 0 Å². The second-order valence-electron chi connectivity index (χ2n) is 5.42. The molecule has 1 aliphatic carbocycles. The third-order valence-electron chi connectivity index (χ3n) is 3.66. The molecule has 0 radical (unpaired) electrons. The predicted octanol–water partition coefficient (Wildman–Crippen LogP) is 5.12. The van der Waals surface area contributed by atoms with E-state index in [4.69, 9.17) is 0 Å². The molecule has 0 aromatic rings. The Bertz CT molecular complexity index is 241. The molecule has 0 nitrogen and oxygen atoms in total. The molecule has 0 amide bonds. The van der Waals surface area contributed by atoms with E-state index in [1.807, 2.05) is 0 Å². The van der Waals surface area contributed by atoms with Crippen molar-refractivity contribution in [2.75, 3.05) is 0 Å². The van der Waals surface area contributed by atoms with Crippen molar-refractivity contribution in [3.8, 4) is 0 Å². The molecule has 0 fully saturated rings. The quantitative estimate of drug-likeness (QED) is 0.560. The minimum atomic E-state index is 0.893. The summed E-state index contributed by atoms with van der Waals surface area (Å²) >= 11 is 0. The molecule has 0 spiro atoms. The van der Waals surface area contributed by atoms with Crippen LogP contribution in [0.2, 0.25) is 0 Å². The van der Waals surface area contributed by atoms with Gasteiger partial charge >= 0.3 is 0 Å². The van der Waals surface area contributed by atoms with Crippen LogP contribution in [0.1, 0.15) is 59.8 Å². The van der Waals surface area contributed by atoms with Crippen molar-refractivity contribution in [3.05, 3.63) is 23.3 Å². The zero-order chi connectivity index (χ0) is 11.3. The maximum Gasteiger partial charge on any atom is -0.0317 e. The minimum Gasteiger partial charge on any atom is -0.0859 e. The number of allylic oxidation sites excluding steroid dienone is 4. The van der Waals surface area contributed by atoms with Gasteiger partial charge in [0.05, 0.1) is 0 Å². The molecule has 15 heavy (non-hydrogen) atoms. The first-order valence-electron chi connectivity index (χ1n) is 6.38. The van der Waals surface area contributed by atoms with E-state index >= 15 is 0 Å².